The van der Waals surface area contributed by atoms with Crippen LogP contribution >= 0.6 is 0 Å². The summed E-state index contributed by atoms with van der Waals surface area (Å²) in [6.45, 7) is 14.1. The molecule has 17 heteroatoms. The molecule has 2 fully saturated rings. The third kappa shape index (κ3) is 9.98. The summed E-state index contributed by atoms with van der Waals surface area (Å²) in [5.74, 6) is 1.82. The first-order valence-corrected chi connectivity index (χ1v) is 21.1. The van der Waals surface area contributed by atoms with Gasteiger partial charge >= 0.3 is 12.1 Å². The van der Waals surface area contributed by atoms with Gasteiger partial charge in [0.25, 0.3) is 0 Å². The van der Waals surface area contributed by atoms with Gasteiger partial charge in [0.2, 0.25) is 24.1 Å². The molecule has 3 aromatic heterocycles. The Bertz CT molecular complexity index is 2680. The number of nitrogens with one attached hydrogen (secondary N) is 4. The number of imide groups is 3. The van der Waals surface area contributed by atoms with E-state index in [1.807, 2.05) is 66.3 Å². The molecule has 0 atom stereocenters. The molecule has 3 aromatic carbocycles. The zero-order valence-electron chi connectivity index (χ0n) is 37.0. The highest BCUT2D eigenvalue weighted by molar-refractivity contribution is 6.10. The van der Waals surface area contributed by atoms with E-state index in [-0.39, 0.29) is 30.2 Å². The van der Waals surface area contributed by atoms with Gasteiger partial charge in [-0.25, -0.2) is 9.59 Å². The fourth-order valence-corrected chi connectivity index (χ4v) is 7.83. The first kappa shape index (κ1) is 45.4. The molecule has 2 saturated heterocycles. The van der Waals surface area contributed by atoms with Crippen molar-refractivity contribution in [2.45, 2.75) is 78.6 Å². The predicted octanol–water partition coefficient (Wildman–Crippen LogP) is 6.73. The lowest BCUT2D eigenvalue weighted by atomic mass is 9.96. The van der Waals surface area contributed by atoms with Gasteiger partial charge in [0.1, 0.15) is 0 Å². The quantitative estimate of drug-likeness (QED) is 0.107. The van der Waals surface area contributed by atoms with Gasteiger partial charge in [-0.2, -0.15) is 10.2 Å². The number of aryl methyl sites for hydroxylation is 1. The Morgan fingerprint density at radius 2 is 1.33 bits per heavy atom. The summed E-state index contributed by atoms with van der Waals surface area (Å²) in [4.78, 5) is 77.5. The number of H-pyrrole nitrogens is 1. The molecule has 2 aliphatic heterocycles. The fraction of sp³-hybridized carbons (Fsp3) is 0.370. The molecule has 6 aromatic rings. The topological polar surface area (TPSA) is 208 Å². The maximum atomic E-state index is 12.0. The number of carbonyl (C=O) groups is 6. The van der Waals surface area contributed by atoms with Crippen LogP contribution in [0, 0.1) is 0 Å². The molecule has 0 spiro atoms. The number of fused-ring (bicyclic) bond motifs is 3. The van der Waals surface area contributed by atoms with Gasteiger partial charge in [-0.3, -0.25) is 59.7 Å². The van der Waals surface area contributed by atoms with Crippen LogP contribution in [-0.4, -0.2) is 87.8 Å². The summed E-state index contributed by atoms with van der Waals surface area (Å²) in [5.41, 5.74) is 6.44. The first-order chi connectivity index (χ1) is 30.1. The zero-order valence-corrected chi connectivity index (χ0v) is 37.0. The number of rotatable bonds is 10. The Morgan fingerprint density at radius 3 is 1.94 bits per heavy atom. The monoisotopic (exact) mass is 857 g/mol. The number of hydrogen-bond acceptors (Lipinski definition) is 10. The first-order valence-electron chi connectivity index (χ1n) is 21.1. The van der Waals surface area contributed by atoms with Crippen LogP contribution in [0.3, 0.4) is 0 Å². The minimum absolute atomic E-state index is 0.229. The summed E-state index contributed by atoms with van der Waals surface area (Å²) < 4.78 is 1.81. The van der Waals surface area contributed by atoms with Crippen LogP contribution in [0.2, 0.25) is 0 Å². The third-order valence-electron chi connectivity index (χ3n) is 11.1. The second kappa shape index (κ2) is 19.7. The van der Waals surface area contributed by atoms with Crippen molar-refractivity contribution in [3.8, 4) is 0 Å². The summed E-state index contributed by atoms with van der Waals surface area (Å²) in [7, 11) is 3.76. The second-order valence-electron chi connectivity index (χ2n) is 16.4. The molecule has 5 heterocycles. The molecule has 330 valence electrons. The molecule has 2 aliphatic rings. The number of benzene rings is 3. The molecule has 0 aliphatic carbocycles. The molecule has 8 amide bonds. The molecule has 63 heavy (non-hydrogen) atoms. The standard InChI is InChI=1S/C16H17N3O2.C15H18N4O2.C15H20N4O2/c1-10(2)11-4-3-5-12-13(11)8-17-9-14(12)19-7-6-15(20)18-16(19)21;1-9(2)10-5-4-6-11-13(10)18(3)17-14(11)19-8-7-12(20)16-15(19)21;1-10(2)11-5-4-6-12-14(11)17-18-15(12)19(3)8-7-13(21)16-9-20/h3-5,8-10H,6-7H2,1-2H3,(H,18,20,21);4-6,9H,7-8H2,1-3H3,(H,16,20,21);4-6,9-10H,7-8H2,1-3H3,(H,17,18)(H,16,20,21). The highest BCUT2D eigenvalue weighted by Gasteiger charge is 2.29. The summed E-state index contributed by atoms with van der Waals surface area (Å²) >= 11 is 0. The predicted molar refractivity (Wildman–Crippen MR) is 244 cm³/mol. The molecule has 0 bridgehead atoms. The van der Waals surface area contributed by atoms with Crippen molar-refractivity contribution >= 4 is 86.1 Å². The lowest BCUT2D eigenvalue weighted by molar-refractivity contribution is -0.125. The molecule has 17 nitrogen and oxygen atoms in total. The van der Waals surface area contributed by atoms with Crippen molar-refractivity contribution in [3.05, 3.63) is 83.7 Å². The van der Waals surface area contributed by atoms with Crippen molar-refractivity contribution in [1.82, 2.24) is 40.9 Å². The van der Waals surface area contributed by atoms with E-state index in [2.05, 4.69) is 96.0 Å². The Morgan fingerprint density at radius 1 is 0.762 bits per heavy atom. The van der Waals surface area contributed by atoms with Crippen LogP contribution in [0.5, 0.6) is 0 Å². The van der Waals surface area contributed by atoms with Crippen molar-refractivity contribution in [1.29, 1.82) is 0 Å². The van der Waals surface area contributed by atoms with Crippen LogP contribution in [0.15, 0.2) is 67.0 Å². The van der Waals surface area contributed by atoms with E-state index in [1.165, 1.54) is 21.6 Å². The molecule has 8 rings (SSSR count). The number of anilines is 3. The highest BCUT2D eigenvalue weighted by Crippen LogP contribution is 2.34. The van der Waals surface area contributed by atoms with Crippen LogP contribution in [-0.2, 0) is 26.2 Å². The minimum Gasteiger partial charge on any atom is -0.357 e. The number of nitrogens with zero attached hydrogens (tertiary/aromatic N) is 7. The van der Waals surface area contributed by atoms with Crippen LogP contribution in [0.4, 0.5) is 26.9 Å². The van der Waals surface area contributed by atoms with E-state index >= 15 is 0 Å². The van der Waals surface area contributed by atoms with Gasteiger partial charge in [-0.15, -0.1) is 0 Å². The van der Waals surface area contributed by atoms with Gasteiger partial charge in [-0.05, 0) is 46.6 Å². The van der Waals surface area contributed by atoms with Crippen LogP contribution in [0.1, 0.15) is 95.2 Å². The average Bonchev–Trinajstić information content (AvgIpc) is 3.84. The minimum atomic E-state index is -0.402. The van der Waals surface area contributed by atoms with Crippen molar-refractivity contribution in [2.75, 3.05) is 41.4 Å². The molecule has 0 unspecified atom stereocenters. The van der Waals surface area contributed by atoms with Crippen molar-refractivity contribution in [2.24, 2.45) is 7.05 Å². The maximum Gasteiger partial charge on any atom is 0.329 e. The summed E-state index contributed by atoms with van der Waals surface area (Å²) in [5, 5.41) is 22.8. The zero-order chi connectivity index (χ0) is 45.5. The van der Waals surface area contributed by atoms with Crippen molar-refractivity contribution < 1.29 is 28.8 Å². The van der Waals surface area contributed by atoms with Crippen LogP contribution in [0.25, 0.3) is 32.6 Å². The second-order valence-corrected chi connectivity index (χ2v) is 16.4. The van der Waals surface area contributed by atoms with E-state index in [0.29, 0.717) is 62.5 Å². The van der Waals surface area contributed by atoms with Gasteiger partial charge in [-0.1, -0.05) is 84.0 Å². The van der Waals surface area contributed by atoms with Gasteiger partial charge in [0.05, 0.1) is 22.9 Å². The Hall–Kier alpha value is -7.17. The number of pyridine rings is 1. The van der Waals surface area contributed by atoms with Gasteiger partial charge < -0.3 is 4.90 Å². The number of aromatic amines is 1. The number of amides is 8. The third-order valence-corrected chi connectivity index (χ3v) is 11.1. The smallest absolute Gasteiger partial charge is 0.329 e. The summed E-state index contributed by atoms with van der Waals surface area (Å²) in [6, 6.07) is 17.4. The Balaban J connectivity index is 0.000000157. The van der Waals surface area contributed by atoms with Crippen LogP contribution < -0.4 is 30.7 Å². The molecule has 0 saturated carbocycles. The number of aromatic nitrogens is 5. The lowest BCUT2D eigenvalue weighted by Crippen LogP contribution is -2.49. The van der Waals surface area contributed by atoms with E-state index in [4.69, 9.17) is 0 Å². The highest BCUT2D eigenvalue weighted by atomic mass is 16.2. The average molecular weight is 858 g/mol. The summed E-state index contributed by atoms with van der Waals surface area (Å²) in [6.07, 6.45) is 4.78. The molecular weight excluding hydrogens is 803 g/mol. The molecule has 4 N–H and O–H groups in total. The largest absolute Gasteiger partial charge is 0.357 e. The number of hydrogen-bond donors (Lipinski definition) is 4. The molecular formula is C46H55N11O6. The molecule has 0 radical (unpaired) electrons. The van der Waals surface area contributed by atoms with E-state index in [0.717, 1.165) is 44.1 Å². The number of urea groups is 2. The Kier molecular flexibility index (Phi) is 14.2. The fourth-order valence-electron chi connectivity index (χ4n) is 7.83. The Labute approximate surface area is 365 Å². The number of carbonyl (C=O) groups excluding carboxylic acids is 6. The SMILES string of the molecule is CC(C)c1cccc2c(N(C)CCC(=O)NC=O)n[nH]c12.CC(C)c1cccc2c(N3CCC(=O)NC3=O)cncc12.CC(C)c1cccc2c(N3CCC(=O)NC3=O)nn(C)c12. The van der Waals surface area contributed by atoms with Crippen molar-refractivity contribution in [3.63, 3.8) is 0 Å². The van der Waals surface area contributed by atoms with E-state index < -0.39 is 6.03 Å². The van der Waals surface area contributed by atoms with E-state index in [9.17, 15) is 28.8 Å². The normalized spacial score (nSPS) is 14.1. The lowest BCUT2D eigenvalue weighted by Gasteiger charge is -2.27. The maximum absolute atomic E-state index is 12.0. The van der Waals surface area contributed by atoms with E-state index in [1.54, 1.807) is 11.1 Å². The van der Waals surface area contributed by atoms with Gasteiger partial charge in [0, 0.05) is 80.7 Å². The number of para-hydroxylation sites is 2. The van der Waals surface area contributed by atoms with Gasteiger partial charge in [0.15, 0.2) is 11.6 Å².